The number of benzene rings is 1. The molecule has 0 fully saturated rings. The quantitative estimate of drug-likeness (QED) is 0.822. The lowest BCUT2D eigenvalue weighted by Crippen LogP contribution is -2.38. The Morgan fingerprint density at radius 3 is 2.25 bits per heavy atom. The van der Waals surface area contributed by atoms with Crippen LogP contribution in [0, 0.1) is 0 Å². The first kappa shape index (κ1) is 12.4. The van der Waals surface area contributed by atoms with E-state index >= 15 is 0 Å². The summed E-state index contributed by atoms with van der Waals surface area (Å²) in [5.74, 6) is -1.97. The number of rotatable bonds is 2. The van der Waals surface area contributed by atoms with Crippen LogP contribution in [0.3, 0.4) is 0 Å². The third-order valence-corrected chi connectivity index (χ3v) is 2.00. The summed E-state index contributed by atoms with van der Waals surface area (Å²) in [6.07, 6.45) is -4.88. The lowest BCUT2D eigenvalue weighted by atomic mass is 10.1. The maximum atomic E-state index is 11.9. The largest absolute Gasteiger partial charge is 0.508 e. The average Bonchev–Trinajstić information content (AvgIpc) is 2.17. The summed E-state index contributed by atoms with van der Waals surface area (Å²) in [7, 11) is 0. The van der Waals surface area contributed by atoms with Crippen molar-refractivity contribution in [3.05, 3.63) is 29.8 Å². The van der Waals surface area contributed by atoms with Crippen molar-refractivity contribution in [2.45, 2.75) is 19.1 Å². The van der Waals surface area contributed by atoms with E-state index in [1.807, 2.05) is 5.32 Å². The minimum absolute atomic E-state index is 0.0121. The van der Waals surface area contributed by atoms with E-state index < -0.39 is 18.1 Å². The molecular weight excluding hydrogens is 223 g/mol. The molecule has 0 aliphatic carbocycles. The Balaban J connectivity index is 2.69. The van der Waals surface area contributed by atoms with Gasteiger partial charge < -0.3 is 10.4 Å². The first-order valence-corrected chi connectivity index (χ1v) is 4.47. The van der Waals surface area contributed by atoms with Gasteiger partial charge in [0.25, 0.3) is 0 Å². The van der Waals surface area contributed by atoms with Crippen molar-refractivity contribution in [3.63, 3.8) is 0 Å². The summed E-state index contributed by atoms with van der Waals surface area (Å²) in [5, 5.41) is 10.8. The highest BCUT2D eigenvalue weighted by molar-refractivity contribution is 5.82. The highest BCUT2D eigenvalue weighted by Gasteiger charge is 2.39. The van der Waals surface area contributed by atoms with Crippen molar-refractivity contribution in [2.75, 3.05) is 0 Å². The zero-order valence-electron chi connectivity index (χ0n) is 8.38. The second-order valence-electron chi connectivity index (χ2n) is 3.28. The predicted molar refractivity (Wildman–Crippen MR) is 50.7 cm³/mol. The standard InChI is InChI=1S/C10H10F3NO2/c1-6(14-9(16)10(11,12)13)7-2-4-8(15)5-3-7/h2-6,15H,1H3,(H,14,16). The third kappa shape index (κ3) is 3.15. The van der Waals surface area contributed by atoms with Crippen LogP contribution in [0.4, 0.5) is 13.2 Å². The van der Waals surface area contributed by atoms with Gasteiger partial charge in [-0.1, -0.05) is 12.1 Å². The van der Waals surface area contributed by atoms with E-state index in [1.54, 1.807) is 0 Å². The molecule has 1 aromatic rings. The summed E-state index contributed by atoms with van der Waals surface area (Å²) in [6.45, 7) is 1.43. The zero-order valence-corrected chi connectivity index (χ0v) is 8.38. The fraction of sp³-hybridized carbons (Fsp3) is 0.300. The van der Waals surface area contributed by atoms with E-state index in [-0.39, 0.29) is 5.75 Å². The molecule has 1 unspecified atom stereocenters. The number of hydrogen-bond donors (Lipinski definition) is 2. The number of halogens is 3. The summed E-state index contributed by atoms with van der Waals surface area (Å²) in [5.41, 5.74) is 0.482. The van der Waals surface area contributed by atoms with Gasteiger partial charge in [0.15, 0.2) is 0 Å². The monoisotopic (exact) mass is 233 g/mol. The van der Waals surface area contributed by atoms with Crippen molar-refractivity contribution in [1.82, 2.24) is 5.32 Å². The number of aromatic hydroxyl groups is 1. The maximum absolute atomic E-state index is 11.9. The van der Waals surface area contributed by atoms with Crippen molar-refractivity contribution in [3.8, 4) is 5.75 Å². The van der Waals surface area contributed by atoms with Crippen LogP contribution in [0.1, 0.15) is 18.5 Å². The van der Waals surface area contributed by atoms with Crippen molar-refractivity contribution in [1.29, 1.82) is 0 Å². The molecule has 2 N–H and O–H groups in total. The molecule has 16 heavy (non-hydrogen) atoms. The molecule has 0 heterocycles. The van der Waals surface area contributed by atoms with Gasteiger partial charge in [-0.25, -0.2) is 0 Å². The Labute approximate surface area is 89.9 Å². The van der Waals surface area contributed by atoms with E-state index in [4.69, 9.17) is 5.11 Å². The smallest absolute Gasteiger partial charge is 0.471 e. The summed E-state index contributed by atoms with van der Waals surface area (Å²) in [4.78, 5) is 10.6. The Kier molecular flexibility index (Phi) is 3.41. The number of carbonyl (C=O) groups excluding carboxylic acids is 1. The van der Waals surface area contributed by atoms with E-state index in [1.165, 1.54) is 31.2 Å². The fourth-order valence-electron chi connectivity index (χ4n) is 1.12. The molecule has 1 atom stereocenters. The Bertz CT molecular complexity index is 373. The van der Waals surface area contributed by atoms with Gasteiger partial charge in [0.2, 0.25) is 0 Å². The molecule has 0 aliphatic rings. The SMILES string of the molecule is CC(NC(=O)C(F)(F)F)c1ccc(O)cc1. The minimum atomic E-state index is -4.88. The van der Waals surface area contributed by atoms with E-state index in [9.17, 15) is 18.0 Å². The van der Waals surface area contributed by atoms with E-state index in [0.29, 0.717) is 5.56 Å². The van der Waals surface area contributed by atoms with Crippen molar-refractivity contribution < 1.29 is 23.1 Å². The average molecular weight is 233 g/mol. The fourth-order valence-corrected chi connectivity index (χ4v) is 1.12. The zero-order chi connectivity index (χ0) is 12.3. The van der Waals surface area contributed by atoms with Gasteiger partial charge in [-0.05, 0) is 24.6 Å². The van der Waals surface area contributed by atoms with Crippen molar-refractivity contribution in [2.24, 2.45) is 0 Å². The number of phenolic OH excluding ortho intramolecular Hbond substituents is 1. The van der Waals surface area contributed by atoms with Gasteiger partial charge in [-0.2, -0.15) is 13.2 Å². The van der Waals surface area contributed by atoms with Gasteiger partial charge in [0.05, 0.1) is 6.04 Å². The number of hydrogen-bond acceptors (Lipinski definition) is 2. The van der Waals surface area contributed by atoms with Crippen LogP contribution < -0.4 is 5.32 Å². The van der Waals surface area contributed by atoms with Crippen molar-refractivity contribution >= 4 is 5.91 Å². The van der Waals surface area contributed by atoms with Crippen LogP contribution in [-0.4, -0.2) is 17.2 Å². The second-order valence-corrected chi connectivity index (χ2v) is 3.28. The lowest BCUT2D eigenvalue weighted by Gasteiger charge is -2.15. The number of nitrogens with one attached hydrogen (secondary N) is 1. The molecule has 0 saturated heterocycles. The predicted octanol–water partition coefficient (Wildman–Crippen LogP) is 2.13. The molecule has 0 saturated carbocycles. The van der Waals surface area contributed by atoms with Gasteiger partial charge >= 0.3 is 12.1 Å². The normalized spacial score (nSPS) is 13.2. The van der Waals surface area contributed by atoms with Gasteiger partial charge in [-0.15, -0.1) is 0 Å². The molecule has 0 aromatic heterocycles. The summed E-state index contributed by atoms with van der Waals surface area (Å²) < 4.78 is 35.8. The highest BCUT2D eigenvalue weighted by atomic mass is 19.4. The maximum Gasteiger partial charge on any atom is 0.471 e. The van der Waals surface area contributed by atoms with Crippen LogP contribution in [0.25, 0.3) is 0 Å². The third-order valence-electron chi connectivity index (χ3n) is 2.00. The molecule has 6 heteroatoms. The first-order chi connectivity index (χ1) is 7.30. The molecule has 0 aliphatic heterocycles. The van der Waals surface area contributed by atoms with Crippen LogP contribution in [-0.2, 0) is 4.79 Å². The molecule has 0 radical (unpaired) electrons. The second kappa shape index (κ2) is 4.42. The highest BCUT2D eigenvalue weighted by Crippen LogP contribution is 2.19. The molecule has 1 rings (SSSR count). The van der Waals surface area contributed by atoms with Crippen LogP contribution >= 0.6 is 0 Å². The van der Waals surface area contributed by atoms with Gasteiger partial charge in [0.1, 0.15) is 5.75 Å². The summed E-state index contributed by atoms with van der Waals surface area (Å²) in [6, 6.07) is 4.79. The molecule has 3 nitrogen and oxygen atoms in total. The Morgan fingerprint density at radius 1 is 1.31 bits per heavy atom. The lowest BCUT2D eigenvalue weighted by molar-refractivity contribution is -0.174. The first-order valence-electron chi connectivity index (χ1n) is 4.47. The topological polar surface area (TPSA) is 49.3 Å². The molecule has 0 bridgehead atoms. The molecule has 1 amide bonds. The number of carbonyl (C=O) groups is 1. The van der Waals surface area contributed by atoms with Crippen LogP contribution in [0.2, 0.25) is 0 Å². The molecular formula is C10H10F3NO2. The van der Waals surface area contributed by atoms with Crippen LogP contribution in [0.5, 0.6) is 5.75 Å². The van der Waals surface area contributed by atoms with E-state index in [2.05, 4.69) is 0 Å². The Hall–Kier alpha value is -1.72. The number of phenols is 1. The number of amides is 1. The van der Waals surface area contributed by atoms with Crippen LogP contribution in [0.15, 0.2) is 24.3 Å². The summed E-state index contributed by atoms with van der Waals surface area (Å²) >= 11 is 0. The molecule has 0 spiro atoms. The van der Waals surface area contributed by atoms with Gasteiger partial charge in [0, 0.05) is 0 Å². The number of alkyl halides is 3. The Morgan fingerprint density at radius 2 is 1.81 bits per heavy atom. The molecule has 88 valence electrons. The molecule has 1 aromatic carbocycles. The minimum Gasteiger partial charge on any atom is -0.508 e. The van der Waals surface area contributed by atoms with E-state index in [0.717, 1.165) is 0 Å². The van der Waals surface area contributed by atoms with Gasteiger partial charge in [-0.3, -0.25) is 4.79 Å².